The molecule has 0 spiro atoms. The Morgan fingerprint density at radius 3 is 0.687 bits per heavy atom. The molecule has 67 heavy (non-hydrogen) atoms. The monoisotopic (exact) mass is 946 g/mol. The highest BCUT2D eigenvalue weighted by atomic mass is 16.3. The fourth-order valence-electron chi connectivity index (χ4n) is 10.3. The second-order valence-electron chi connectivity index (χ2n) is 21.7. The predicted octanol–water partition coefficient (Wildman–Crippen LogP) is 19.2. The SMILES string of the molecule is CCCCCCCCCCN(CCCCCCCCCC)CCCCCCCCN(CCCCCCO)CCCCCCCC(=O)N(CCCCCCCCCC)CCCCCCCCCC. The summed E-state index contributed by atoms with van der Waals surface area (Å²) in [5.74, 6) is 0.434. The van der Waals surface area contributed by atoms with Gasteiger partial charge in [0, 0.05) is 26.1 Å². The van der Waals surface area contributed by atoms with Crippen molar-refractivity contribution in [3.05, 3.63) is 0 Å². The van der Waals surface area contributed by atoms with Crippen molar-refractivity contribution in [1.82, 2.24) is 14.7 Å². The van der Waals surface area contributed by atoms with Gasteiger partial charge in [0.05, 0.1) is 0 Å². The first-order valence-corrected chi connectivity index (χ1v) is 31.5. The van der Waals surface area contributed by atoms with Crippen LogP contribution in [-0.2, 0) is 4.79 Å². The molecule has 5 nitrogen and oxygen atoms in total. The zero-order chi connectivity index (χ0) is 48.6. The summed E-state index contributed by atoms with van der Waals surface area (Å²) in [7, 11) is 0. The van der Waals surface area contributed by atoms with Crippen LogP contribution in [0, 0.1) is 0 Å². The van der Waals surface area contributed by atoms with Gasteiger partial charge in [-0.3, -0.25) is 4.79 Å². The molecule has 0 radical (unpaired) electrons. The van der Waals surface area contributed by atoms with E-state index in [0.29, 0.717) is 12.5 Å². The molecule has 402 valence electrons. The van der Waals surface area contributed by atoms with Crippen molar-refractivity contribution in [2.24, 2.45) is 0 Å². The Labute approximate surface area is 423 Å². The summed E-state index contributed by atoms with van der Waals surface area (Å²) < 4.78 is 0. The van der Waals surface area contributed by atoms with Gasteiger partial charge in [-0.05, 0) is 103 Å². The number of carbonyl (C=O) groups excluding carboxylic acids is 1. The van der Waals surface area contributed by atoms with Gasteiger partial charge in [0.25, 0.3) is 0 Å². The Bertz CT molecular complexity index is 875. The van der Waals surface area contributed by atoms with Crippen molar-refractivity contribution < 1.29 is 9.90 Å². The quantitative estimate of drug-likeness (QED) is 0.0617. The fourth-order valence-corrected chi connectivity index (χ4v) is 10.3. The lowest BCUT2D eigenvalue weighted by atomic mass is 10.1. The van der Waals surface area contributed by atoms with Gasteiger partial charge >= 0.3 is 0 Å². The zero-order valence-electron chi connectivity index (χ0n) is 47.0. The van der Waals surface area contributed by atoms with Gasteiger partial charge < -0.3 is 19.8 Å². The Morgan fingerprint density at radius 1 is 0.254 bits per heavy atom. The van der Waals surface area contributed by atoms with Crippen molar-refractivity contribution in [3.8, 4) is 0 Å². The van der Waals surface area contributed by atoms with Crippen LogP contribution < -0.4 is 0 Å². The van der Waals surface area contributed by atoms with Crippen molar-refractivity contribution >= 4 is 5.91 Å². The number of aliphatic hydroxyl groups is 1. The number of unbranched alkanes of at least 4 members (excludes halogenated alkanes) is 40. The normalized spacial score (nSPS) is 11.8. The standard InChI is InChI=1S/C62H127N3O2/c1-5-9-13-17-21-25-33-43-53-63(54-44-34-26-22-18-14-10-6-2)55-45-35-29-30-36-46-56-64(58-48-40-41-51-61-66)57-47-37-31-32-42-52-62(67)65(59-49-38-27-23-19-15-11-7-3)60-50-39-28-24-20-16-12-8-4/h66H,5-61H2,1-4H3. The number of hydrogen-bond donors (Lipinski definition) is 1. The topological polar surface area (TPSA) is 47.0 Å². The molecule has 0 rings (SSSR count). The first kappa shape index (κ1) is 66.3. The van der Waals surface area contributed by atoms with E-state index in [1.807, 2.05) is 0 Å². The van der Waals surface area contributed by atoms with Gasteiger partial charge in [-0.1, -0.05) is 265 Å². The molecule has 0 bridgehead atoms. The molecule has 0 aliphatic carbocycles. The van der Waals surface area contributed by atoms with Crippen molar-refractivity contribution in [2.45, 2.75) is 336 Å². The highest BCUT2D eigenvalue weighted by molar-refractivity contribution is 5.76. The van der Waals surface area contributed by atoms with Crippen LogP contribution in [0.2, 0.25) is 0 Å². The second-order valence-corrected chi connectivity index (χ2v) is 21.7. The molecule has 0 saturated heterocycles. The van der Waals surface area contributed by atoms with Crippen LogP contribution in [0.4, 0.5) is 0 Å². The molecule has 1 amide bonds. The van der Waals surface area contributed by atoms with E-state index in [1.165, 1.54) is 322 Å². The van der Waals surface area contributed by atoms with Crippen molar-refractivity contribution in [1.29, 1.82) is 0 Å². The van der Waals surface area contributed by atoms with Gasteiger partial charge in [0.2, 0.25) is 5.91 Å². The van der Waals surface area contributed by atoms with E-state index in [9.17, 15) is 9.90 Å². The Balaban J connectivity index is 4.57. The molecule has 0 saturated carbocycles. The smallest absolute Gasteiger partial charge is 0.222 e. The van der Waals surface area contributed by atoms with Crippen LogP contribution >= 0.6 is 0 Å². The van der Waals surface area contributed by atoms with E-state index in [-0.39, 0.29) is 0 Å². The molecule has 0 aromatic carbocycles. The predicted molar refractivity (Wildman–Crippen MR) is 301 cm³/mol. The number of amides is 1. The lowest BCUT2D eigenvalue weighted by Crippen LogP contribution is -2.32. The molecule has 0 heterocycles. The van der Waals surface area contributed by atoms with Gasteiger partial charge in [0.15, 0.2) is 0 Å². The highest BCUT2D eigenvalue weighted by Crippen LogP contribution is 2.17. The molecule has 0 fully saturated rings. The summed E-state index contributed by atoms with van der Waals surface area (Å²) >= 11 is 0. The molecule has 1 N–H and O–H groups in total. The van der Waals surface area contributed by atoms with Crippen LogP contribution in [0.5, 0.6) is 0 Å². The summed E-state index contributed by atoms with van der Waals surface area (Å²) in [5, 5.41) is 9.27. The fraction of sp³-hybridized carbons (Fsp3) is 0.984. The van der Waals surface area contributed by atoms with Crippen molar-refractivity contribution in [3.63, 3.8) is 0 Å². The summed E-state index contributed by atoms with van der Waals surface area (Å²) in [6, 6.07) is 0. The molecule has 0 aliphatic rings. The first-order chi connectivity index (χ1) is 33.1. The summed E-state index contributed by atoms with van der Waals surface area (Å²) in [6.45, 7) is 19.2. The number of aliphatic hydroxyl groups excluding tert-OH is 1. The maximum atomic E-state index is 13.5. The molecule has 0 unspecified atom stereocenters. The molecule has 0 aromatic rings. The molecule has 0 atom stereocenters. The van der Waals surface area contributed by atoms with Gasteiger partial charge in [-0.15, -0.1) is 0 Å². The van der Waals surface area contributed by atoms with E-state index in [1.54, 1.807) is 0 Å². The Morgan fingerprint density at radius 2 is 0.448 bits per heavy atom. The summed E-state index contributed by atoms with van der Waals surface area (Å²) in [5.41, 5.74) is 0. The largest absolute Gasteiger partial charge is 0.396 e. The van der Waals surface area contributed by atoms with Crippen LogP contribution in [0.15, 0.2) is 0 Å². The maximum absolute atomic E-state index is 13.5. The van der Waals surface area contributed by atoms with Crippen LogP contribution in [0.3, 0.4) is 0 Å². The average molecular weight is 947 g/mol. The lowest BCUT2D eigenvalue weighted by molar-refractivity contribution is -0.131. The zero-order valence-corrected chi connectivity index (χ0v) is 47.0. The number of nitrogens with zero attached hydrogens (tertiary/aromatic N) is 3. The minimum Gasteiger partial charge on any atom is -0.396 e. The minimum absolute atomic E-state index is 0.336. The number of hydrogen-bond acceptors (Lipinski definition) is 4. The maximum Gasteiger partial charge on any atom is 0.222 e. The van der Waals surface area contributed by atoms with Crippen LogP contribution in [0.1, 0.15) is 336 Å². The van der Waals surface area contributed by atoms with Crippen molar-refractivity contribution in [2.75, 3.05) is 59.0 Å². The number of rotatable bonds is 59. The van der Waals surface area contributed by atoms with Gasteiger partial charge in [-0.2, -0.15) is 0 Å². The molecule has 5 heteroatoms. The highest BCUT2D eigenvalue weighted by Gasteiger charge is 2.13. The third kappa shape index (κ3) is 51.5. The third-order valence-electron chi connectivity index (χ3n) is 15.0. The number of carbonyl (C=O) groups is 1. The summed E-state index contributed by atoms with van der Waals surface area (Å²) in [6.07, 6.45) is 63.9. The third-order valence-corrected chi connectivity index (χ3v) is 15.0. The summed E-state index contributed by atoms with van der Waals surface area (Å²) in [4.78, 5) is 21.3. The molecular formula is C62H127N3O2. The minimum atomic E-state index is 0.336. The van der Waals surface area contributed by atoms with E-state index < -0.39 is 0 Å². The van der Waals surface area contributed by atoms with E-state index >= 15 is 0 Å². The second kappa shape index (κ2) is 57.9. The van der Waals surface area contributed by atoms with E-state index in [2.05, 4.69) is 42.4 Å². The first-order valence-electron chi connectivity index (χ1n) is 31.5. The van der Waals surface area contributed by atoms with Crippen LogP contribution in [-0.4, -0.2) is 84.7 Å². The van der Waals surface area contributed by atoms with E-state index in [0.717, 1.165) is 38.8 Å². The lowest BCUT2D eigenvalue weighted by Gasteiger charge is -2.23. The van der Waals surface area contributed by atoms with E-state index in [4.69, 9.17) is 0 Å². The Hall–Kier alpha value is -0.650. The average Bonchev–Trinajstić information content (AvgIpc) is 3.33. The molecule has 0 aliphatic heterocycles. The Kier molecular flexibility index (Phi) is 57.4. The van der Waals surface area contributed by atoms with Gasteiger partial charge in [0.1, 0.15) is 0 Å². The molecular weight excluding hydrogens is 819 g/mol. The van der Waals surface area contributed by atoms with Gasteiger partial charge in [-0.25, -0.2) is 0 Å². The van der Waals surface area contributed by atoms with Crippen LogP contribution in [0.25, 0.3) is 0 Å². The molecule has 0 aromatic heterocycles.